The minimum atomic E-state index is 0.376. The van der Waals surface area contributed by atoms with Crippen LogP contribution in [0.2, 0.25) is 0 Å². The van der Waals surface area contributed by atoms with Crippen LogP contribution in [-0.4, -0.2) is 33.4 Å². The molecule has 3 N–H and O–H groups in total. The van der Waals surface area contributed by atoms with E-state index in [0.717, 1.165) is 27.7 Å². The second kappa shape index (κ2) is 7.69. The largest absolute Gasteiger partial charge is 0.393 e. The molecule has 3 aromatic rings. The van der Waals surface area contributed by atoms with Crippen LogP contribution in [0.3, 0.4) is 0 Å². The molecule has 7 nitrogen and oxygen atoms in total. The molecule has 0 aliphatic rings. The Kier molecular flexibility index (Phi) is 5.17. The standard InChI is InChI=1S/C19H21N7/c1-12(2)13-7-19(26-23-11-13)25-18-5-4-16-17(24-18)6-14(10-22-16)15(8-20)9-21-3/h4-12,20-21H,1-3H3,(H,24,25,26)/b15-9+,20-8?. The average Bonchev–Trinajstić information content (AvgIpc) is 2.65. The first kappa shape index (κ1) is 17.5. The minimum Gasteiger partial charge on any atom is -0.393 e. The summed E-state index contributed by atoms with van der Waals surface area (Å²) in [6.07, 6.45) is 6.55. The zero-order valence-electron chi connectivity index (χ0n) is 15.0. The zero-order valence-corrected chi connectivity index (χ0v) is 15.0. The molecular formula is C19H21N7. The Labute approximate surface area is 152 Å². The number of hydrogen-bond acceptors (Lipinski definition) is 7. The molecule has 0 fully saturated rings. The summed E-state index contributed by atoms with van der Waals surface area (Å²) in [5, 5.41) is 21.8. The van der Waals surface area contributed by atoms with Gasteiger partial charge in [-0.25, -0.2) is 4.98 Å². The third-order valence-electron chi connectivity index (χ3n) is 3.92. The second-order valence-corrected chi connectivity index (χ2v) is 6.15. The fourth-order valence-corrected chi connectivity index (χ4v) is 2.49. The predicted octanol–water partition coefficient (Wildman–Crippen LogP) is 3.50. The molecule has 0 saturated carbocycles. The van der Waals surface area contributed by atoms with Gasteiger partial charge in [-0.2, -0.15) is 5.10 Å². The van der Waals surface area contributed by atoms with Crippen LogP contribution in [0.1, 0.15) is 30.9 Å². The molecular weight excluding hydrogens is 326 g/mol. The van der Waals surface area contributed by atoms with Gasteiger partial charge in [-0.15, -0.1) is 5.10 Å². The van der Waals surface area contributed by atoms with E-state index in [4.69, 9.17) is 5.41 Å². The van der Waals surface area contributed by atoms with Gasteiger partial charge in [0.15, 0.2) is 5.82 Å². The average molecular weight is 347 g/mol. The fraction of sp³-hybridized carbons (Fsp3) is 0.211. The molecule has 0 aromatic carbocycles. The van der Waals surface area contributed by atoms with Crippen molar-refractivity contribution in [1.82, 2.24) is 25.5 Å². The van der Waals surface area contributed by atoms with E-state index >= 15 is 0 Å². The molecule has 0 unspecified atom stereocenters. The van der Waals surface area contributed by atoms with Crippen LogP contribution in [-0.2, 0) is 0 Å². The lowest BCUT2D eigenvalue weighted by Crippen LogP contribution is -2.01. The highest BCUT2D eigenvalue weighted by molar-refractivity contribution is 6.08. The van der Waals surface area contributed by atoms with E-state index in [9.17, 15) is 0 Å². The predicted molar refractivity (Wildman–Crippen MR) is 105 cm³/mol. The third-order valence-corrected chi connectivity index (χ3v) is 3.92. The molecule has 3 heterocycles. The van der Waals surface area contributed by atoms with Gasteiger partial charge in [0.2, 0.25) is 0 Å². The lowest BCUT2D eigenvalue weighted by atomic mass is 10.1. The molecule has 0 aliphatic heterocycles. The van der Waals surface area contributed by atoms with Gasteiger partial charge in [0, 0.05) is 36.8 Å². The van der Waals surface area contributed by atoms with Gasteiger partial charge < -0.3 is 16.0 Å². The number of aromatic nitrogens is 4. The number of anilines is 2. The number of rotatable bonds is 6. The van der Waals surface area contributed by atoms with Crippen LogP contribution in [0.4, 0.5) is 11.6 Å². The number of hydrogen-bond donors (Lipinski definition) is 3. The van der Waals surface area contributed by atoms with Crippen molar-refractivity contribution in [3.63, 3.8) is 0 Å². The highest BCUT2D eigenvalue weighted by Crippen LogP contribution is 2.21. The summed E-state index contributed by atoms with van der Waals surface area (Å²) >= 11 is 0. The first-order chi connectivity index (χ1) is 12.6. The lowest BCUT2D eigenvalue weighted by molar-refractivity contribution is 0.843. The quantitative estimate of drug-likeness (QED) is 0.590. The zero-order chi connectivity index (χ0) is 18.5. The van der Waals surface area contributed by atoms with E-state index in [0.29, 0.717) is 17.6 Å². The van der Waals surface area contributed by atoms with Crippen molar-refractivity contribution >= 4 is 34.5 Å². The van der Waals surface area contributed by atoms with E-state index in [1.807, 2.05) is 24.3 Å². The van der Waals surface area contributed by atoms with Crippen LogP contribution >= 0.6 is 0 Å². The number of fused-ring (bicyclic) bond motifs is 1. The first-order valence-corrected chi connectivity index (χ1v) is 8.35. The van der Waals surface area contributed by atoms with E-state index < -0.39 is 0 Å². The minimum absolute atomic E-state index is 0.376. The van der Waals surface area contributed by atoms with Crippen molar-refractivity contribution in [1.29, 1.82) is 5.41 Å². The molecule has 0 saturated heterocycles. The number of nitrogens with one attached hydrogen (secondary N) is 3. The van der Waals surface area contributed by atoms with Gasteiger partial charge in [0.25, 0.3) is 0 Å². The smallest absolute Gasteiger partial charge is 0.154 e. The lowest BCUT2D eigenvalue weighted by Gasteiger charge is -2.09. The summed E-state index contributed by atoms with van der Waals surface area (Å²) in [5.74, 6) is 1.70. The molecule has 0 bridgehead atoms. The topological polar surface area (TPSA) is 99.5 Å². The van der Waals surface area contributed by atoms with E-state index in [1.165, 1.54) is 6.21 Å². The summed E-state index contributed by atoms with van der Waals surface area (Å²) in [7, 11) is 1.80. The maximum Gasteiger partial charge on any atom is 0.154 e. The van der Waals surface area contributed by atoms with Crippen molar-refractivity contribution in [2.24, 2.45) is 0 Å². The third kappa shape index (κ3) is 3.83. The highest BCUT2D eigenvalue weighted by atomic mass is 15.2. The van der Waals surface area contributed by atoms with Crippen LogP contribution in [0.25, 0.3) is 16.6 Å². The molecule has 132 valence electrons. The Morgan fingerprint density at radius 2 is 1.96 bits per heavy atom. The molecule has 0 amide bonds. The molecule has 0 spiro atoms. The van der Waals surface area contributed by atoms with Crippen LogP contribution < -0.4 is 10.6 Å². The Hall–Kier alpha value is -3.35. The van der Waals surface area contributed by atoms with Crippen molar-refractivity contribution in [3.05, 3.63) is 54.0 Å². The molecule has 7 heteroatoms. The number of allylic oxidation sites excluding steroid dienone is 1. The molecule has 26 heavy (non-hydrogen) atoms. The Balaban J connectivity index is 1.94. The fourth-order valence-electron chi connectivity index (χ4n) is 2.49. The summed E-state index contributed by atoms with van der Waals surface area (Å²) in [6.45, 7) is 4.23. The first-order valence-electron chi connectivity index (χ1n) is 8.35. The van der Waals surface area contributed by atoms with E-state index in [-0.39, 0.29) is 0 Å². The van der Waals surface area contributed by atoms with Gasteiger partial charge in [0.1, 0.15) is 5.82 Å². The molecule has 3 aromatic heterocycles. The van der Waals surface area contributed by atoms with Gasteiger partial charge in [0.05, 0.1) is 17.2 Å². The van der Waals surface area contributed by atoms with E-state index in [2.05, 4.69) is 44.6 Å². The SMILES string of the molecule is CN/C=C(\C=N)c1cnc2ccc(Nc3cc(C(C)C)cnn3)nc2c1. The van der Waals surface area contributed by atoms with Crippen molar-refractivity contribution in [3.8, 4) is 0 Å². The van der Waals surface area contributed by atoms with Crippen LogP contribution in [0.15, 0.2) is 42.9 Å². The number of pyridine rings is 2. The van der Waals surface area contributed by atoms with Gasteiger partial charge in [-0.3, -0.25) is 4.98 Å². The van der Waals surface area contributed by atoms with Crippen molar-refractivity contribution < 1.29 is 0 Å². The van der Waals surface area contributed by atoms with Crippen LogP contribution in [0, 0.1) is 5.41 Å². The summed E-state index contributed by atoms with van der Waals surface area (Å²) in [4.78, 5) is 9.05. The Morgan fingerprint density at radius 1 is 1.12 bits per heavy atom. The highest BCUT2D eigenvalue weighted by Gasteiger charge is 2.07. The summed E-state index contributed by atoms with van der Waals surface area (Å²) in [5.41, 5.74) is 4.20. The molecule has 0 aliphatic carbocycles. The molecule has 0 radical (unpaired) electrons. The van der Waals surface area contributed by atoms with Crippen molar-refractivity contribution in [2.75, 3.05) is 12.4 Å². The summed E-state index contributed by atoms with van der Waals surface area (Å²) in [6, 6.07) is 7.65. The second-order valence-electron chi connectivity index (χ2n) is 6.15. The van der Waals surface area contributed by atoms with E-state index in [1.54, 1.807) is 25.6 Å². The van der Waals surface area contributed by atoms with Crippen molar-refractivity contribution in [2.45, 2.75) is 19.8 Å². The Bertz CT molecular complexity index is 963. The molecule has 0 atom stereocenters. The summed E-state index contributed by atoms with van der Waals surface area (Å²) < 4.78 is 0. The van der Waals surface area contributed by atoms with Gasteiger partial charge in [-0.1, -0.05) is 13.8 Å². The number of nitrogens with zero attached hydrogens (tertiary/aromatic N) is 4. The van der Waals surface area contributed by atoms with Crippen LogP contribution in [0.5, 0.6) is 0 Å². The molecule has 3 rings (SSSR count). The van der Waals surface area contributed by atoms with Gasteiger partial charge in [-0.05, 0) is 35.7 Å². The monoisotopic (exact) mass is 347 g/mol. The normalized spacial score (nSPS) is 11.6. The van der Waals surface area contributed by atoms with Gasteiger partial charge >= 0.3 is 0 Å². The maximum atomic E-state index is 7.55. The maximum absolute atomic E-state index is 7.55. The Morgan fingerprint density at radius 3 is 2.69 bits per heavy atom.